The van der Waals surface area contributed by atoms with Gasteiger partial charge in [0, 0.05) is 13.6 Å². The minimum absolute atomic E-state index is 0.0217. The molecule has 1 aromatic heterocycles. The van der Waals surface area contributed by atoms with Crippen LogP contribution in [-0.4, -0.2) is 41.3 Å². The normalized spacial score (nSPS) is 19.0. The molecule has 122 valence electrons. The Balaban J connectivity index is 2.15. The van der Waals surface area contributed by atoms with Gasteiger partial charge in [0.15, 0.2) is 0 Å². The van der Waals surface area contributed by atoms with Crippen LogP contribution in [0, 0.1) is 0 Å². The first-order valence-corrected chi connectivity index (χ1v) is 8.00. The Bertz CT molecular complexity index is 513. The van der Waals surface area contributed by atoms with Gasteiger partial charge in [-0.3, -0.25) is 4.90 Å². The Morgan fingerprint density at radius 3 is 2.73 bits per heavy atom. The van der Waals surface area contributed by atoms with Gasteiger partial charge in [0.05, 0.1) is 11.9 Å². The first-order chi connectivity index (χ1) is 10.3. The van der Waals surface area contributed by atoms with Crippen LogP contribution in [0.4, 0.5) is 10.5 Å². The van der Waals surface area contributed by atoms with Crippen LogP contribution in [0.3, 0.4) is 0 Å². The van der Waals surface area contributed by atoms with Gasteiger partial charge in [0.1, 0.15) is 16.9 Å². The lowest BCUT2D eigenvalue weighted by molar-refractivity contribution is 0.0197. The third-order valence-electron chi connectivity index (χ3n) is 3.64. The highest BCUT2D eigenvalue weighted by molar-refractivity contribution is 6.29. The van der Waals surface area contributed by atoms with Crippen molar-refractivity contribution < 1.29 is 9.53 Å². The molecule has 1 saturated heterocycles. The molecule has 0 radical (unpaired) electrons. The molecule has 2 heterocycles. The molecule has 1 aliphatic heterocycles. The minimum atomic E-state index is -0.493. The van der Waals surface area contributed by atoms with Gasteiger partial charge in [-0.1, -0.05) is 11.6 Å². The second-order valence-electron chi connectivity index (χ2n) is 6.60. The maximum Gasteiger partial charge on any atom is 0.411 e. The first kappa shape index (κ1) is 16.9. The lowest BCUT2D eigenvalue weighted by atomic mass is 10.1. The summed E-state index contributed by atoms with van der Waals surface area (Å²) in [6, 6.07) is 3.71. The Kier molecular flexibility index (Phi) is 5.16. The van der Waals surface area contributed by atoms with Crippen LogP contribution < -0.4 is 4.90 Å². The number of pyridine rings is 1. The van der Waals surface area contributed by atoms with Gasteiger partial charge in [0.25, 0.3) is 0 Å². The third kappa shape index (κ3) is 4.26. The van der Waals surface area contributed by atoms with Crippen LogP contribution in [-0.2, 0) is 4.74 Å². The summed E-state index contributed by atoms with van der Waals surface area (Å²) in [5, 5.41) is 0.470. The molecule has 0 N–H and O–H groups in total. The second kappa shape index (κ2) is 6.73. The number of carbonyl (C=O) groups excluding carboxylic acids is 1. The van der Waals surface area contributed by atoms with E-state index in [2.05, 4.69) is 9.88 Å². The number of hydrogen-bond acceptors (Lipinski definition) is 4. The molecule has 0 spiro atoms. The summed E-state index contributed by atoms with van der Waals surface area (Å²) < 4.78 is 5.48. The van der Waals surface area contributed by atoms with Crippen LogP contribution >= 0.6 is 11.6 Å². The van der Waals surface area contributed by atoms with E-state index in [0.29, 0.717) is 5.15 Å². The van der Waals surface area contributed by atoms with E-state index in [1.54, 1.807) is 24.2 Å². The number of piperidine rings is 1. The topological polar surface area (TPSA) is 45.7 Å². The van der Waals surface area contributed by atoms with Crippen LogP contribution in [0.5, 0.6) is 0 Å². The number of amides is 1. The van der Waals surface area contributed by atoms with Crippen molar-refractivity contribution in [3.8, 4) is 0 Å². The van der Waals surface area contributed by atoms with Crippen molar-refractivity contribution in [2.75, 3.05) is 18.5 Å². The maximum absolute atomic E-state index is 12.3. The van der Waals surface area contributed by atoms with E-state index in [1.165, 1.54) is 0 Å². The molecule has 1 amide bonds. The third-order valence-corrected chi connectivity index (χ3v) is 3.87. The van der Waals surface area contributed by atoms with Gasteiger partial charge in [-0.25, -0.2) is 9.78 Å². The van der Waals surface area contributed by atoms with Gasteiger partial charge in [-0.15, -0.1) is 0 Å². The molecule has 22 heavy (non-hydrogen) atoms. The molecule has 0 aromatic carbocycles. The molecule has 1 aliphatic rings. The summed E-state index contributed by atoms with van der Waals surface area (Å²) in [6.07, 6.45) is 4.54. The SMILES string of the molecule is CN(C(=O)OC(C)(C)C)C1CCCCN1c1ccc(Cl)nc1. The molecular weight excluding hydrogens is 302 g/mol. The highest BCUT2D eigenvalue weighted by Crippen LogP contribution is 2.27. The van der Waals surface area contributed by atoms with Gasteiger partial charge in [-0.05, 0) is 52.2 Å². The lowest BCUT2D eigenvalue weighted by Crippen LogP contribution is -2.52. The zero-order valence-electron chi connectivity index (χ0n) is 13.7. The number of carbonyl (C=O) groups is 1. The molecule has 2 rings (SSSR count). The number of aromatic nitrogens is 1. The van der Waals surface area contributed by atoms with E-state index in [1.807, 2.05) is 26.8 Å². The van der Waals surface area contributed by atoms with Gasteiger partial charge < -0.3 is 9.64 Å². The van der Waals surface area contributed by atoms with Gasteiger partial charge >= 0.3 is 6.09 Å². The number of hydrogen-bond donors (Lipinski definition) is 0. The van der Waals surface area contributed by atoms with Gasteiger partial charge in [-0.2, -0.15) is 0 Å². The van der Waals surface area contributed by atoms with E-state index < -0.39 is 5.60 Å². The van der Waals surface area contributed by atoms with Crippen LogP contribution in [0.15, 0.2) is 18.3 Å². The number of anilines is 1. The van der Waals surface area contributed by atoms with Crippen LogP contribution in [0.25, 0.3) is 0 Å². The summed E-state index contributed by atoms with van der Waals surface area (Å²) in [7, 11) is 1.79. The van der Waals surface area contributed by atoms with Crippen molar-refractivity contribution in [1.82, 2.24) is 9.88 Å². The van der Waals surface area contributed by atoms with E-state index >= 15 is 0 Å². The fraction of sp³-hybridized carbons (Fsp3) is 0.625. The van der Waals surface area contributed by atoms with Crippen molar-refractivity contribution in [3.05, 3.63) is 23.5 Å². The molecule has 0 saturated carbocycles. The molecule has 5 nitrogen and oxygen atoms in total. The summed E-state index contributed by atoms with van der Waals surface area (Å²) in [5.74, 6) is 0. The number of nitrogens with zero attached hydrogens (tertiary/aromatic N) is 3. The summed E-state index contributed by atoms with van der Waals surface area (Å²) in [6.45, 7) is 6.52. The number of halogens is 1. The van der Waals surface area contributed by atoms with Crippen molar-refractivity contribution in [2.24, 2.45) is 0 Å². The maximum atomic E-state index is 12.3. The summed E-state index contributed by atoms with van der Waals surface area (Å²) in [5.41, 5.74) is 0.483. The quantitative estimate of drug-likeness (QED) is 0.773. The molecule has 1 aromatic rings. The molecule has 1 fully saturated rings. The molecule has 1 atom stereocenters. The summed E-state index contributed by atoms with van der Waals surface area (Å²) in [4.78, 5) is 20.3. The smallest absolute Gasteiger partial charge is 0.411 e. The van der Waals surface area contributed by atoms with E-state index in [4.69, 9.17) is 16.3 Å². The zero-order valence-corrected chi connectivity index (χ0v) is 14.4. The Morgan fingerprint density at radius 1 is 1.41 bits per heavy atom. The summed E-state index contributed by atoms with van der Waals surface area (Å²) >= 11 is 5.86. The Morgan fingerprint density at radius 2 is 2.14 bits per heavy atom. The molecule has 0 bridgehead atoms. The predicted molar refractivity (Wildman–Crippen MR) is 88.2 cm³/mol. The van der Waals surface area contributed by atoms with Crippen LogP contribution in [0.2, 0.25) is 5.15 Å². The average molecular weight is 326 g/mol. The zero-order chi connectivity index (χ0) is 16.3. The first-order valence-electron chi connectivity index (χ1n) is 7.62. The Labute approximate surface area is 137 Å². The minimum Gasteiger partial charge on any atom is -0.444 e. The van der Waals surface area contributed by atoms with E-state index in [-0.39, 0.29) is 12.3 Å². The largest absolute Gasteiger partial charge is 0.444 e. The second-order valence-corrected chi connectivity index (χ2v) is 6.99. The monoisotopic (exact) mass is 325 g/mol. The highest BCUT2D eigenvalue weighted by Gasteiger charge is 2.31. The number of rotatable bonds is 2. The fourth-order valence-electron chi connectivity index (χ4n) is 2.61. The predicted octanol–water partition coefficient (Wildman–Crippen LogP) is 3.92. The van der Waals surface area contributed by atoms with Crippen molar-refractivity contribution in [2.45, 2.75) is 51.8 Å². The number of ether oxygens (including phenoxy) is 1. The molecular formula is C16H24ClN3O2. The Hall–Kier alpha value is -1.49. The van der Waals surface area contributed by atoms with Crippen molar-refractivity contribution in [1.29, 1.82) is 0 Å². The average Bonchev–Trinajstić information content (AvgIpc) is 2.45. The van der Waals surface area contributed by atoms with Crippen molar-refractivity contribution in [3.63, 3.8) is 0 Å². The molecule has 1 unspecified atom stereocenters. The van der Waals surface area contributed by atoms with E-state index in [0.717, 1.165) is 31.5 Å². The van der Waals surface area contributed by atoms with Crippen LogP contribution in [0.1, 0.15) is 40.0 Å². The molecule has 0 aliphatic carbocycles. The lowest BCUT2D eigenvalue weighted by Gasteiger charge is -2.42. The van der Waals surface area contributed by atoms with Crippen molar-refractivity contribution >= 4 is 23.4 Å². The standard InChI is InChI=1S/C16H24ClN3O2/c1-16(2,3)22-15(21)19(4)14-7-5-6-10-20(14)12-8-9-13(17)18-11-12/h8-9,11,14H,5-7,10H2,1-4H3. The van der Waals surface area contributed by atoms with E-state index in [9.17, 15) is 4.79 Å². The highest BCUT2D eigenvalue weighted by atomic mass is 35.5. The fourth-order valence-corrected chi connectivity index (χ4v) is 2.72. The van der Waals surface area contributed by atoms with Gasteiger partial charge in [0.2, 0.25) is 0 Å². The molecule has 6 heteroatoms.